The number of ether oxygens (including phenoxy) is 2. The Labute approximate surface area is 202 Å². The van der Waals surface area contributed by atoms with Gasteiger partial charge in [-0.25, -0.2) is 0 Å². The highest BCUT2D eigenvalue weighted by Gasteiger charge is 2.43. The number of anilines is 1. The molecule has 0 unspecified atom stereocenters. The van der Waals surface area contributed by atoms with Gasteiger partial charge >= 0.3 is 6.29 Å². The fourth-order valence-electron chi connectivity index (χ4n) is 3.79. The van der Waals surface area contributed by atoms with Crippen molar-refractivity contribution in [2.24, 2.45) is 0 Å². The lowest BCUT2D eigenvalue weighted by molar-refractivity contribution is -0.286. The van der Waals surface area contributed by atoms with Crippen LogP contribution in [0.1, 0.15) is 35.5 Å². The quantitative estimate of drug-likeness (QED) is 0.325. The van der Waals surface area contributed by atoms with E-state index < -0.39 is 6.29 Å². The Hall–Kier alpha value is -4.13. The van der Waals surface area contributed by atoms with Crippen molar-refractivity contribution in [3.63, 3.8) is 0 Å². The highest BCUT2D eigenvalue weighted by Crippen LogP contribution is 2.44. The van der Waals surface area contributed by atoms with Crippen LogP contribution in [0.2, 0.25) is 0 Å². The van der Waals surface area contributed by atoms with E-state index in [9.17, 15) is 13.6 Å². The number of amides is 1. The molecule has 3 aromatic carbocycles. The molecule has 4 aromatic rings. The van der Waals surface area contributed by atoms with Crippen molar-refractivity contribution < 1.29 is 27.5 Å². The number of rotatable bonds is 4. The van der Waals surface area contributed by atoms with Crippen LogP contribution in [-0.4, -0.2) is 12.2 Å². The number of aryl methyl sites for hydroxylation is 2. The van der Waals surface area contributed by atoms with E-state index in [0.29, 0.717) is 22.8 Å². The second kappa shape index (κ2) is 9.62. The smallest absolute Gasteiger partial charge is 0.461 e. The van der Waals surface area contributed by atoms with Gasteiger partial charge in [-0.3, -0.25) is 4.79 Å². The fraction of sp³-hybridized carbons (Fsp3) is 0.179. The number of nitrogens with one attached hydrogen (secondary N) is 1. The number of benzene rings is 3. The molecule has 7 heteroatoms. The number of carbonyl (C=O) groups is 1. The van der Waals surface area contributed by atoms with E-state index in [1.54, 1.807) is 44.2 Å². The zero-order valence-corrected chi connectivity index (χ0v) is 19.8. The minimum atomic E-state index is -3.66. The van der Waals surface area contributed by atoms with Crippen LogP contribution in [-0.2, 0) is 0 Å². The maximum absolute atomic E-state index is 13.4. The highest BCUT2D eigenvalue weighted by molar-refractivity contribution is 6.05. The standard InChI is InChI=1S/C26H19F2NO4.C2H6/c1-15-12-23-24(33-26(27,28)32-23)13-20(15)17-8-10-19(11-9-17)29-25(30)21-14-22(31-16(21)2)18-6-4-3-5-7-18;1-2/h3-14H,1-2H3,(H,29,30);1-2H3. The van der Waals surface area contributed by atoms with E-state index in [-0.39, 0.29) is 17.4 Å². The Morgan fingerprint density at radius 2 is 1.46 bits per heavy atom. The lowest BCUT2D eigenvalue weighted by Gasteiger charge is -2.09. The number of hydrogen-bond donors (Lipinski definition) is 1. The summed E-state index contributed by atoms with van der Waals surface area (Å²) in [5.74, 6) is 0.860. The van der Waals surface area contributed by atoms with Crippen LogP contribution in [0.4, 0.5) is 14.5 Å². The molecule has 35 heavy (non-hydrogen) atoms. The van der Waals surface area contributed by atoms with E-state index in [1.807, 2.05) is 44.2 Å². The lowest BCUT2D eigenvalue weighted by atomic mass is 9.99. The molecule has 1 aliphatic heterocycles. The molecule has 5 nitrogen and oxygen atoms in total. The predicted octanol–water partition coefficient (Wildman–Crippen LogP) is 7.83. The van der Waals surface area contributed by atoms with E-state index in [0.717, 1.165) is 22.3 Å². The minimum absolute atomic E-state index is 0.00971. The largest absolute Gasteiger partial charge is 0.586 e. The summed E-state index contributed by atoms with van der Waals surface area (Å²) in [5, 5.41) is 2.87. The summed E-state index contributed by atoms with van der Waals surface area (Å²) >= 11 is 0. The first kappa shape index (κ1) is 24.0. The summed E-state index contributed by atoms with van der Waals surface area (Å²) in [7, 11) is 0. The molecule has 0 atom stereocenters. The topological polar surface area (TPSA) is 60.7 Å². The van der Waals surface area contributed by atoms with Crippen LogP contribution in [0.3, 0.4) is 0 Å². The monoisotopic (exact) mass is 477 g/mol. The van der Waals surface area contributed by atoms with Crippen LogP contribution >= 0.6 is 0 Å². The molecule has 1 amide bonds. The maximum Gasteiger partial charge on any atom is 0.586 e. The number of carbonyl (C=O) groups excluding carboxylic acids is 1. The molecule has 0 spiro atoms. The van der Waals surface area contributed by atoms with Gasteiger partial charge in [0.05, 0.1) is 5.56 Å². The van der Waals surface area contributed by atoms with Crippen LogP contribution in [0.5, 0.6) is 11.5 Å². The Bertz CT molecular complexity index is 1350. The molecule has 5 rings (SSSR count). The maximum atomic E-state index is 13.4. The van der Waals surface area contributed by atoms with E-state index in [2.05, 4.69) is 14.8 Å². The Morgan fingerprint density at radius 1 is 0.829 bits per heavy atom. The summed E-state index contributed by atoms with van der Waals surface area (Å²) < 4.78 is 41.5. The van der Waals surface area contributed by atoms with E-state index in [4.69, 9.17) is 4.42 Å². The van der Waals surface area contributed by atoms with Crippen molar-refractivity contribution in [1.29, 1.82) is 0 Å². The van der Waals surface area contributed by atoms with Gasteiger partial charge in [-0.1, -0.05) is 56.3 Å². The SMILES string of the molecule is CC.Cc1cc2c(cc1-c1ccc(NC(=O)c3cc(-c4ccccc4)oc3C)cc1)OC(F)(F)O2. The van der Waals surface area contributed by atoms with Crippen LogP contribution in [0.25, 0.3) is 22.5 Å². The van der Waals surface area contributed by atoms with Crippen molar-refractivity contribution in [2.45, 2.75) is 34.0 Å². The average Bonchev–Trinajstić information content (AvgIpc) is 3.38. The van der Waals surface area contributed by atoms with Gasteiger partial charge in [-0.2, -0.15) is 0 Å². The third kappa shape index (κ3) is 5.04. The normalized spacial score (nSPS) is 13.1. The van der Waals surface area contributed by atoms with Crippen molar-refractivity contribution in [3.8, 4) is 33.9 Å². The molecule has 0 saturated heterocycles. The molecule has 0 radical (unpaired) electrons. The number of fused-ring (bicyclic) bond motifs is 1. The van der Waals surface area contributed by atoms with Crippen molar-refractivity contribution >= 4 is 11.6 Å². The van der Waals surface area contributed by atoms with Crippen molar-refractivity contribution in [2.75, 3.05) is 5.32 Å². The first-order valence-electron chi connectivity index (χ1n) is 11.3. The van der Waals surface area contributed by atoms with Gasteiger partial charge < -0.3 is 19.2 Å². The van der Waals surface area contributed by atoms with E-state index >= 15 is 0 Å². The molecular formula is C28H25F2NO4. The van der Waals surface area contributed by atoms with Gasteiger partial charge in [0.25, 0.3) is 5.91 Å². The van der Waals surface area contributed by atoms with Gasteiger partial charge in [0.15, 0.2) is 11.5 Å². The fourth-order valence-corrected chi connectivity index (χ4v) is 3.79. The molecular weight excluding hydrogens is 452 g/mol. The third-order valence-corrected chi connectivity index (χ3v) is 5.42. The summed E-state index contributed by atoms with van der Waals surface area (Å²) in [6.45, 7) is 7.55. The highest BCUT2D eigenvalue weighted by atomic mass is 19.3. The molecule has 1 N–H and O–H groups in total. The Kier molecular flexibility index (Phi) is 6.60. The van der Waals surface area contributed by atoms with Crippen LogP contribution < -0.4 is 14.8 Å². The average molecular weight is 478 g/mol. The molecule has 1 aliphatic rings. The summed E-state index contributed by atoms with van der Waals surface area (Å²) in [6.07, 6.45) is -3.66. The molecule has 0 fully saturated rings. The molecule has 0 bridgehead atoms. The van der Waals surface area contributed by atoms with Gasteiger partial charge in [0.2, 0.25) is 0 Å². The first-order valence-corrected chi connectivity index (χ1v) is 11.3. The van der Waals surface area contributed by atoms with Crippen LogP contribution in [0.15, 0.2) is 77.2 Å². The number of hydrogen-bond acceptors (Lipinski definition) is 4. The molecule has 180 valence electrons. The van der Waals surface area contributed by atoms with Gasteiger partial charge in [0, 0.05) is 11.3 Å². The summed E-state index contributed by atoms with van der Waals surface area (Å²) in [5.41, 5.74) is 4.21. The lowest BCUT2D eigenvalue weighted by Crippen LogP contribution is -2.25. The zero-order chi connectivity index (χ0) is 25.2. The molecule has 0 saturated carbocycles. The Morgan fingerprint density at radius 3 is 2.11 bits per heavy atom. The number of halogens is 2. The van der Waals surface area contributed by atoms with Crippen molar-refractivity contribution in [1.82, 2.24) is 0 Å². The predicted molar refractivity (Wildman–Crippen MR) is 131 cm³/mol. The van der Waals surface area contributed by atoms with E-state index in [1.165, 1.54) is 12.1 Å². The second-order valence-electron chi connectivity index (χ2n) is 7.76. The molecule has 2 heterocycles. The van der Waals surface area contributed by atoms with Gasteiger partial charge in [0.1, 0.15) is 11.5 Å². The molecule has 1 aromatic heterocycles. The van der Waals surface area contributed by atoms with Gasteiger partial charge in [-0.15, -0.1) is 8.78 Å². The van der Waals surface area contributed by atoms with Crippen LogP contribution in [0, 0.1) is 13.8 Å². The molecule has 0 aliphatic carbocycles. The van der Waals surface area contributed by atoms with Crippen molar-refractivity contribution in [3.05, 3.63) is 89.7 Å². The second-order valence-corrected chi connectivity index (χ2v) is 7.76. The zero-order valence-electron chi connectivity index (χ0n) is 19.8. The summed E-state index contributed by atoms with van der Waals surface area (Å²) in [4.78, 5) is 12.8. The van der Waals surface area contributed by atoms with Gasteiger partial charge in [-0.05, 0) is 60.9 Å². The number of furan rings is 1. The number of alkyl halides is 2. The third-order valence-electron chi connectivity index (χ3n) is 5.42. The minimum Gasteiger partial charge on any atom is -0.461 e. The summed E-state index contributed by atoms with van der Waals surface area (Å²) in [6, 6.07) is 21.4. The first-order chi connectivity index (χ1) is 16.8. The Balaban J connectivity index is 0.00000141.